The van der Waals surface area contributed by atoms with Crippen LogP contribution in [0.5, 0.6) is 0 Å². The highest BCUT2D eigenvalue weighted by molar-refractivity contribution is 5.72. The van der Waals surface area contributed by atoms with E-state index in [4.69, 9.17) is 0 Å². The Bertz CT molecular complexity index is 206. The zero-order chi connectivity index (χ0) is 9.40. The molecule has 12 heavy (non-hydrogen) atoms. The normalized spacial score (nSPS) is 8.25. The Balaban J connectivity index is 0.000000561. The number of imidazole rings is 1. The fraction of sp³-hybridized carbons (Fsp3) is 0.500. The van der Waals surface area contributed by atoms with Gasteiger partial charge in [0.2, 0.25) is 5.91 Å². The van der Waals surface area contributed by atoms with E-state index in [-0.39, 0.29) is 5.91 Å². The number of amides is 1. The van der Waals surface area contributed by atoms with Gasteiger partial charge in [-0.15, -0.1) is 0 Å². The number of nitrogens with zero attached hydrogens (tertiary/aromatic N) is 1. The van der Waals surface area contributed by atoms with Crippen molar-refractivity contribution in [3.05, 3.63) is 18.2 Å². The molecule has 0 bridgehead atoms. The highest BCUT2D eigenvalue weighted by Crippen LogP contribution is 1.85. The second-order valence-corrected chi connectivity index (χ2v) is 1.95. The first-order chi connectivity index (χ1) is 5.79. The molecule has 1 aromatic heterocycles. The molecule has 0 saturated carbocycles. The van der Waals surface area contributed by atoms with E-state index in [9.17, 15) is 4.79 Å². The second-order valence-electron chi connectivity index (χ2n) is 1.95. The summed E-state index contributed by atoms with van der Waals surface area (Å²) >= 11 is 0. The van der Waals surface area contributed by atoms with Crippen LogP contribution >= 0.6 is 0 Å². The first kappa shape index (κ1) is 10.7. The van der Waals surface area contributed by atoms with Gasteiger partial charge in [-0.05, 0) is 0 Å². The third kappa shape index (κ3) is 4.49. The third-order valence-corrected chi connectivity index (χ3v) is 1.06. The highest BCUT2D eigenvalue weighted by atomic mass is 16.1. The van der Waals surface area contributed by atoms with E-state index in [2.05, 4.69) is 15.3 Å². The Morgan fingerprint density at radius 1 is 1.67 bits per heavy atom. The maximum atomic E-state index is 10.4. The average Bonchev–Trinajstić information content (AvgIpc) is 2.56. The Morgan fingerprint density at radius 3 is 2.75 bits per heavy atom. The van der Waals surface area contributed by atoms with Gasteiger partial charge in [-0.25, -0.2) is 4.98 Å². The second kappa shape index (κ2) is 6.39. The molecule has 0 radical (unpaired) electrons. The Hall–Kier alpha value is -1.32. The lowest BCUT2D eigenvalue weighted by Crippen LogP contribution is -2.19. The molecule has 4 heteroatoms. The summed E-state index contributed by atoms with van der Waals surface area (Å²) in [4.78, 5) is 17.2. The van der Waals surface area contributed by atoms with E-state index >= 15 is 0 Å². The van der Waals surface area contributed by atoms with Crippen LogP contribution < -0.4 is 5.32 Å². The summed E-state index contributed by atoms with van der Waals surface area (Å²) in [6, 6.07) is 0. The number of aromatic nitrogens is 2. The number of rotatable bonds is 2. The van der Waals surface area contributed by atoms with Crippen molar-refractivity contribution >= 4 is 5.91 Å². The van der Waals surface area contributed by atoms with Crippen molar-refractivity contribution < 1.29 is 4.79 Å². The van der Waals surface area contributed by atoms with Crippen molar-refractivity contribution in [3.8, 4) is 0 Å². The minimum absolute atomic E-state index is 0.0450. The quantitative estimate of drug-likeness (QED) is 0.695. The first-order valence-electron chi connectivity index (χ1n) is 4.02. The molecule has 0 aromatic carbocycles. The predicted molar refractivity (Wildman–Crippen MR) is 47.5 cm³/mol. The molecule has 0 aliphatic carbocycles. The van der Waals surface area contributed by atoms with Crippen molar-refractivity contribution in [2.24, 2.45) is 0 Å². The van der Waals surface area contributed by atoms with Gasteiger partial charge in [-0.3, -0.25) is 4.79 Å². The summed E-state index contributed by atoms with van der Waals surface area (Å²) in [5.41, 5.74) is 0. The molecule has 0 aliphatic rings. The number of H-pyrrole nitrogens is 1. The summed E-state index contributed by atoms with van der Waals surface area (Å²) in [7, 11) is 0. The Labute approximate surface area is 72.4 Å². The highest BCUT2D eigenvalue weighted by Gasteiger charge is 1.93. The molecule has 0 atom stereocenters. The Kier molecular flexibility index (Phi) is 5.69. The van der Waals surface area contributed by atoms with Crippen LogP contribution in [-0.2, 0) is 11.3 Å². The lowest BCUT2D eigenvalue weighted by Gasteiger charge is -1.95. The summed E-state index contributed by atoms with van der Waals surface area (Å²) in [6.45, 7) is 5.95. The summed E-state index contributed by atoms with van der Waals surface area (Å²) in [6.07, 6.45) is 3.37. The van der Waals surface area contributed by atoms with Crippen molar-refractivity contribution in [3.63, 3.8) is 0 Å². The van der Waals surface area contributed by atoms with Crippen molar-refractivity contribution in [1.29, 1.82) is 0 Å². The van der Waals surface area contributed by atoms with Gasteiger partial charge in [0.1, 0.15) is 5.82 Å². The molecule has 2 N–H and O–H groups in total. The first-order valence-corrected chi connectivity index (χ1v) is 4.02. The van der Waals surface area contributed by atoms with Crippen molar-refractivity contribution in [2.45, 2.75) is 27.3 Å². The minimum atomic E-state index is -0.0450. The zero-order valence-electron chi connectivity index (χ0n) is 7.72. The van der Waals surface area contributed by atoms with Crippen LogP contribution in [0.25, 0.3) is 0 Å². The largest absolute Gasteiger partial charge is 0.349 e. The monoisotopic (exact) mass is 169 g/mol. The smallest absolute Gasteiger partial charge is 0.217 e. The lowest BCUT2D eigenvalue weighted by atomic mass is 10.6. The van der Waals surface area contributed by atoms with Gasteiger partial charge >= 0.3 is 0 Å². The summed E-state index contributed by atoms with van der Waals surface area (Å²) < 4.78 is 0. The molecule has 1 heterocycles. The van der Waals surface area contributed by atoms with E-state index < -0.39 is 0 Å². The van der Waals surface area contributed by atoms with Crippen LogP contribution in [0.2, 0.25) is 0 Å². The molecule has 68 valence electrons. The SMILES string of the molecule is CC.CC(=O)NCc1ncc[nH]1. The number of hydrogen-bond donors (Lipinski definition) is 2. The van der Waals surface area contributed by atoms with E-state index in [1.54, 1.807) is 12.4 Å². The summed E-state index contributed by atoms with van der Waals surface area (Å²) in [5.74, 6) is 0.728. The van der Waals surface area contributed by atoms with Crippen LogP contribution in [0.15, 0.2) is 12.4 Å². The van der Waals surface area contributed by atoms with Gasteiger partial charge < -0.3 is 10.3 Å². The van der Waals surface area contributed by atoms with Gasteiger partial charge in [0.05, 0.1) is 6.54 Å². The van der Waals surface area contributed by atoms with Crippen LogP contribution in [0.4, 0.5) is 0 Å². The average molecular weight is 169 g/mol. The zero-order valence-corrected chi connectivity index (χ0v) is 7.72. The molecular weight excluding hydrogens is 154 g/mol. The lowest BCUT2D eigenvalue weighted by molar-refractivity contribution is -0.119. The van der Waals surface area contributed by atoms with E-state index in [0.29, 0.717) is 6.54 Å². The Morgan fingerprint density at radius 2 is 2.33 bits per heavy atom. The molecule has 0 fully saturated rings. The van der Waals surface area contributed by atoms with E-state index in [1.165, 1.54) is 6.92 Å². The third-order valence-electron chi connectivity index (χ3n) is 1.06. The number of aromatic amines is 1. The van der Waals surface area contributed by atoms with Gasteiger partial charge in [-0.2, -0.15) is 0 Å². The fourth-order valence-corrected chi connectivity index (χ4v) is 0.603. The van der Waals surface area contributed by atoms with Crippen molar-refractivity contribution in [2.75, 3.05) is 0 Å². The molecular formula is C8H15N3O. The fourth-order valence-electron chi connectivity index (χ4n) is 0.603. The van der Waals surface area contributed by atoms with E-state index in [0.717, 1.165) is 5.82 Å². The standard InChI is InChI=1S/C6H9N3O.C2H6/c1-5(10)9-4-6-7-2-3-8-6;1-2/h2-3H,4H2,1H3,(H,7,8)(H,9,10);1-2H3. The topological polar surface area (TPSA) is 57.8 Å². The predicted octanol–water partition coefficient (Wildman–Crippen LogP) is 1.07. The van der Waals surface area contributed by atoms with Gasteiger partial charge in [0, 0.05) is 19.3 Å². The number of hydrogen-bond acceptors (Lipinski definition) is 2. The molecule has 4 nitrogen and oxygen atoms in total. The van der Waals surface area contributed by atoms with Crippen LogP contribution in [0.3, 0.4) is 0 Å². The maximum absolute atomic E-state index is 10.4. The maximum Gasteiger partial charge on any atom is 0.217 e. The molecule has 1 rings (SSSR count). The van der Waals surface area contributed by atoms with Gasteiger partial charge in [0.25, 0.3) is 0 Å². The molecule has 0 spiro atoms. The van der Waals surface area contributed by atoms with Crippen LogP contribution in [0, 0.1) is 0 Å². The number of carbonyl (C=O) groups excluding carboxylic acids is 1. The minimum Gasteiger partial charge on any atom is -0.349 e. The molecule has 0 aliphatic heterocycles. The molecule has 1 aromatic rings. The number of carbonyl (C=O) groups is 1. The summed E-state index contributed by atoms with van der Waals surface area (Å²) in [5, 5.41) is 2.62. The van der Waals surface area contributed by atoms with Gasteiger partial charge in [0.15, 0.2) is 0 Å². The van der Waals surface area contributed by atoms with Crippen LogP contribution in [0.1, 0.15) is 26.6 Å². The number of nitrogens with one attached hydrogen (secondary N) is 2. The van der Waals surface area contributed by atoms with Gasteiger partial charge in [-0.1, -0.05) is 13.8 Å². The molecule has 0 unspecified atom stereocenters. The van der Waals surface area contributed by atoms with Crippen LogP contribution in [-0.4, -0.2) is 15.9 Å². The molecule has 1 amide bonds. The van der Waals surface area contributed by atoms with E-state index in [1.807, 2.05) is 13.8 Å². The molecule has 0 saturated heterocycles. The van der Waals surface area contributed by atoms with Crippen molar-refractivity contribution in [1.82, 2.24) is 15.3 Å².